The topological polar surface area (TPSA) is 24.8 Å². The van der Waals surface area contributed by atoms with Gasteiger partial charge in [0.05, 0.1) is 11.8 Å². The Balaban J connectivity index is 1.62. The Morgan fingerprint density at radius 2 is 1.85 bits per heavy atom. The molecule has 3 aromatic rings. The first-order chi connectivity index (χ1) is 13.2. The van der Waals surface area contributed by atoms with Crippen molar-refractivity contribution in [2.75, 3.05) is 0 Å². The van der Waals surface area contributed by atoms with Crippen LogP contribution in [0, 0.1) is 0 Å². The minimum Gasteiger partial charge on any atom is -0.464 e. The molecule has 3 nitrogen and oxygen atoms in total. The summed E-state index contributed by atoms with van der Waals surface area (Å²) in [6.07, 6.45) is 0.549. The average Bonchev–Trinajstić information content (AvgIpc) is 3.14. The summed E-state index contributed by atoms with van der Waals surface area (Å²) in [5, 5.41) is 7.75. The Kier molecular flexibility index (Phi) is 4.18. The van der Waals surface area contributed by atoms with Crippen LogP contribution in [0.2, 0.25) is 5.02 Å². The zero-order valence-corrected chi connectivity index (χ0v) is 16.7. The van der Waals surface area contributed by atoms with E-state index >= 15 is 0 Å². The molecule has 5 heteroatoms. The molecule has 2 aliphatic rings. The third-order valence-electron chi connectivity index (χ3n) is 4.99. The van der Waals surface area contributed by atoms with Gasteiger partial charge in [0.15, 0.2) is 0 Å². The molecule has 0 aliphatic carbocycles. The number of hydrazone groups is 1. The Bertz CT molecular complexity index is 1040. The molecule has 3 aromatic carbocycles. The lowest BCUT2D eigenvalue weighted by Gasteiger charge is -2.38. The predicted octanol–water partition coefficient (Wildman–Crippen LogP) is 6.34. The maximum atomic E-state index is 6.37. The highest BCUT2D eigenvalue weighted by molar-refractivity contribution is 9.10. The van der Waals surface area contributed by atoms with Gasteiger partial charge in [0.1, 0.15) is 5.75 Å². The van der Waals surface area contributed by atoms with Gasteiger partial charge in [-0.25, -0.2) is 5.01 Å². The van der Waals surface area contributed by atoms with Crippen molar-refractivity contribution >= 4 is 33.2 Å². The maximum Gasteiger partial charge on any atom is 0.213 e. The number of benzene rings is 3. The molecule has 0 saturated heterocycles. The zero-order valence-electron chi connectivity index (χ0n) is 14.3. The highest BCUT2D eigenvalue weighted by Crippen LogP contribution is 2.48. The monoisotopic (exact) mass is 438 g/mol. The summed E-state index contributed by atoms with van der Waals surface area (Å²) < 4.78 is 7.39. The molecule has 0 bridgehead atoms. The Labute approximate surface area is 171 Å². The van der Waals surface area contributed by atoms with E-state index in [0.29, 0.717) is 5.02 Å². The molecule has 0 amide bonds. The van der Waals surface area contributed by atoms with Crippen molar-refractivity contribution in [3.63, 3.8) is 0 Å². The maximum absolute atomic E-state index is 6.37. The molecule has 2 heterocycles. The van der Waals surface area contributed by atoms with Gasteiger partial charge in [-0.2, -0.15) is 5.10 Å². The van der Waals surface area contributed by atoms with Gasteiger partial charge in [-0.3, -0.25) is 0 Å². The van der Waals surface area contributed by atoms with E-state index in [2.05, 4.69) is 45.2 Å². The number of ether oxygens (including phenoxy) is 1. The fraction of sp³-hybridized carbons (Fsp3) is 0.136. The van der Waals surface area contributed by atoms with Crippen molar-refractivity contribution in [3.05, 3.63) is 99.0 Å². The van der Waals surface area contributed by atoms with Gasteiger partial charge in [0.25, 0.3) is 0 Å². The third kappa shape index (κ3) is 3.03. The van der Waals surface area contributed by atoms with Crippen LogP contribution in [0.15, 0.2) is 82.4 Å². The van der Waals surface area contributed by atoms with Crippen LogP contribution >= 0.6 is 27.5 Å². The quantitative estimate of drug-likeness (QED) is 0.465. The summed E-state index contributed by atoms with van der Waals surface area (Å²) in [4.78, 5) is 0. The smallest absolute Gasteiger partial charge is 0.213 e. The first kappa shape index (κ1) is 16.8. The minimum atomic E-state index is -0.276. The van der Waals surface area contributed by atoms with E-state index in [-0.39, 0.29) is 12.3 Å². The first-order valence-electron chi connectivity index (χ1n) is 8.82. The fourth-order valence-corrected chi connectivity index (χ4v) is 4.34. The van der Waals surface area contributed by atoms with Crippen LogP contribution in [-0.2, 0) is 0 Å². The van der Waals surface area contributed by atoms with E-state index in [1.54, 1.807) is 0 Å². The van der Waals surface area contributed by atoms with Crippen molar-refractivity contribution in [2.24, 2.45) is 5.10 Å². The van der Waals surface area contributed by atoms with Crippen LogP contribution in [0.4, 0.5) is 0 Å². The Morgan fingerprint density at radius 3 is 2.67 bits per heavy atom. The molecule has 2 atom stereocenters. The third-order valence-corrected chi connectivity index (χ3v) is 5.72. The number of halogens is 2. The summed E-state index contributed by atoms with van der Waals surface area (Å²) >= 11 is 9.84. The molecule has 0 fully saturated rings. The summed E-state index contributed by atoms with van der Waals surface area (Å²) in [5.41, 5.74) is 4.36. The van der Waals surface area contributed by atoms with Crippen LogP contribution in [0.5, 0.6) is 5.75 Å². The predicted molar refractivity (Wildman–Crippen MR) is 111 cm³/mol. The van der Waals surface area contributed by atoms with Crippen molar-refractivity contribution < 1.29 is 4.74 Å². The van der Waals surface area contributed by atoms with E-state index in [1.165, 1.54) is 0 Å². The molecular formula is C22H16BrClN2O. The van der Waals surface area contributed by atoms with E-state index in [4.69, 9.17) is 21.4 Å². The van der Waals surface area contributed by atoms with Gasteiger partial charge in [-0.1, -0.05) is 70.0 Å². The van der Waals surface area contributed by atoms with Crippen LogP contribution in [0.3, 0.4) is 0 Å². The lowest BCUT2D eigenvalue weighted by Crippen LogP contribution is -2.33. The zero-order chi connectivity index (χ0) is 18.4. The SMILES string of the molecule is Clc1ccc2c(c1)[C@H]1CC(c3ccccc3)=NN1[C@@H](c1cccc(Br)c1)O2. The number of fused-ring (bicyclic) bond motifs is 3. The lowest BCUT2D eigenvalue weighted by atomic mass is 9.96. The van der Waals surface area contributed by atoms with Gasteiger partial charge >= 0.3 is 0 Å². The van der Waals surface area contributed by atoms with Gasteiger partial charge in [-0.05, 0) is 35.9 Å². The average molecular weight is 440 g/mol. The van der Waals surface area contributed by atoms with E-state index in [0.717, 1.165) is 39.0 Å². The second kappa shape index (κ2) is 6.70. The fourth-order valence-electron chi connectivity index (χ4n) is 3.74. The summed E-state index contributed by atoms with van der Waals surface area (Å²) in [7, 11) is 0. The molecular weight excluding hydrogens is 424 g/mol. The normalized spacial score (nSPS) is 20.5. The van der Waals surface area contributed by atoms with E-state index in [1.807, 2.05) is 48.5 Å². The molecule has 0 aromatic heterocycles. The summed E-state index contributed by atoms with van der Waals surface area (Å²) in [5.74, 6) is 0.870. The van der Waals surface area contributed by atoms with Gasteiger partial charge in [0, 0.05) is 27.0 Å². The second-order valence-electron chi connectivity index (χ2n) is 6.72. The Morgan fingerprint density at radius 1 is 1.00 bits per heavy atom. The molecule has 2 aliphatic heterocycles. The van der Waals surface area contributed by atoms with E-state index < -0.39 is 0 Å². The lowest BCUT2D eigenvalue weighted by molar-refractivity contribution is -0.0190. The first-order valence-corrected chi connectivity index (χ1v) is 9.99. The number of hydrogen-bond acceptors (Lipinski definition) is 3. The van der Waals surface area contributed by atoms with Crippen molar-refractivity contribution in [3.8, 4) is 5.75 Å². The molecule has 0 radical (unpaired) electrons. The number of nitrogens with zero attached hydrogens (tertiary/aromatic N) is 2. The van der Waals surface area contributed by atoms with Crippen LogP contribution < -0.4 is 4.74 Å². The largest absolute Gasteiger partial charge is 0.464 e. The molecule has 0 saturated carbocycles. The number of hydrogen-bond donors (Lipinski definition) is 0. The van der Waals surface area contributed by atoms with Crippen molar-refractivity contribution in [1.82, 2.24) is 5.01 Å². The minimum absolute atomic E-state index is 0.103. The van der Waals surface area contributed by atoms with Crippen LogP contribution in [0.25, 0.3) is 0 Å². The molecule has 0 unspecified atom stereocenters. The van der Waals surface area contributed by atoms with Crippen molar-refractivity contribution in [2.45, 2.75) is 18.7 Å². The highest BCUT2D eigenvalue weighted by atomic mass is 79.9. The molecule has 5 rings (SSSR count). The highest BCUT2D eigenvalue weighted by Gasteiger charge is 2.41. The van der Waals surface area contributed by atoms with E-state index in [9.17, 15) is 0 Å². The molecule has 0 spiro atoms. The Hall–Kier alpha value is -2.30. The summed E-state index contributed by atoms with van der Waals surface area (Å²) in [6.45, 7) is 0. The van der Waals surface area contributed by atoms with Gasteiger partial charge in [-0.15, -0.1) is 0 Å². The molecule has 0 N–H and O–H groups in total. The molecule has 27 heavy (non-hydrogen) atoms. The number of rotatable bonds is 2. The molecule has 134 valence electrons. The summed E-state index contributed by atoms with van der Waals surface area (Å²) in [6, 6.07) is 24.4. The van der Waals surface area contributed by atoms with Crippen LogP contribution in [0.1, 0.15) is 35.4 Å². The van der Waals surface area contributed by atoms with Gasteiger partial charge < -0.3 is 4.74 Å². The second-order valence-corrected chi connectivity index (χ2v) is 8.07. The standard InChI is InChI=1S/C22H16BrClN2O/c23-16-8-4-7-15(11-16)22-26-20(18-12-17(24)9-10-21(18)27-22)13-19(25-26)14-5-2-1-3-6-14/h1-12,20,22H,13H2/t20-,22-/m1/s1. The van der Waals surface area contributed by atoms with Gasteiger partial charge in [0.2, 0.25) is 6.23 Å². The van der Waals surface area contributed by atoms with Crippen molar-refractivity contribution in [1.29, 1.82) is 0 Å². The van der Waals surface area contributed by atoms with Crippen LogP contribution in [-0.4, -0.2) is 10.7 Å².